The Bertz CT molecular complexity index is 480. The summed E-state index contributed by atoms with van der Waals surface area (Å²) < 4.78 is 0.832. The highest BCUT2D eigenvalue weighted by Gasteiger charge is 2.13. The largest absolute Gasteiger partial charge is 0.295 e. The number of hydrogen-bond acceptors (Lipinski definition) is 3. The molecule has 0 radical (unpaired) electrons. The number of aromatic amines is 1. The summed E-state index contributed by atoms with van der Waals surface area (Å²) >= 11 is 2.04. The number of nitro groups is 1. The van der Waals surface area contributed by atoms with Crippen molar-refractivity contribution in [2.45, 2.75) is 0 Å². The van der Waals surface area contributed by atoms with Crippen molar-refractivity contribution in [1.82, 2.24) is 10.2 Å². The third-order valence-electron chi connectivity index (χ3n) is 1.69. The summed E-state index contributed by atoms with van der Waals surface area (Å²) in [5.74, 6) is 0. The van der Waals surface area contributed by atoms with Gasteiger partial charge in [0.2, 0.25) is 0 Å². The second-order valence-corrected chi connectivity index (χ2v) is 3.76. The normalized spacial score (nSPS) is 10.5. The van der Waals surface area contributed by atoms with Crippen molar-refractivity contribution in [1.29, 1.82) is 0 Å². The van der Waals surface area contributed by atoms with Crippen LogP contribution in [0.5, 0.6) is 0 Å². The van der Waals surface area contributed by atoms with Crippen molar-refractivity contribution in [2.75, 3.05) is 0 Å². The first-order valence-electron chi connectivity index (χ1n) is 3.45. The first-order valence-corrected chi connectivity index (χ1v) is 4.53. The lowest BCUT2D eigenvalue weighted by atomic mass is 10.2. The Hall–Kier alpha value is -1.18. The van der Waals surface area contributed by atoms with Gasteiger partial charge in [-0.25, -0.2) is 0 Å². The fourth-order valence-corrected chi connectivity index (χ4v) is 1.78. The van der Waals surface area contributed by atoms with E-state index in [4.69, 9.17) is 0 Å². The third kappa shape index (κ3) is 1.37. The van der Waals surface area contributed by atoms with Crippen LogP contribution in [0.1, 0.15) is 0 Å². The topological polar surface area (TPSA) is 71.8 Å². The molecule has 0 saturated heterocycles. The predicted molar refractivity (Wildman–Crippen MR) is 55.5 cm³/mol. The fraction of sp³-hybridized carbons (Fsp3) is 0. The van der Waals surface area contributed by atoms with Crippen LogP contribution in [-0.4, -0.2) is 15.1 Å². The molecule has 6 heteroatoms. The second kappa shape index (κ2) is 2.95. The molecule has 1 aromatic heterocycles. The Balaban J connectivity index is 2.84. The minimum absolute atomic E-state index is 0.0689. The maximum absolute atomic E-state index is 10.6. The van der Waals surface area contributed by atoms with E-state index in [1.807, 2.05) is 28.7 Å². The molecule has 0 atom stereocenters. The molecule has 1 aromatic carbocycles. The van der Waals surface area contributed by atoms with Crippen LogP contribution in [0.2, 0.25) is 0 Å². The molecular formula is C7H4IN3O2. The maximum Gasteiger partial charge on any atom is 0.295 e. The Morgan fingerprint density at radius 1 is 1.54 bits per heavy atom. The molecule has 2 rings (SSSR count). The molecule has 13 heavy (non-hydrogen) atoms. The van der Waals surface area contributed by atoms with Gasteiger partial charge in [0.25, 0.3) is 5.69 Å². The minimum atomic E-state index is -0.414. The number of nitrogens with zero attached hydrogens (tertiary/aromatic N) is 2. The van der Waals surface area contributed by atoms with Gasteiger partial charge in [0.15, 0.2) is 0 Å². The number of nitro benzene ring substituents is 1. The number of aromatic nitrogens is 2. The van der Waals surface area contributed by atoms with Crippen LogP contribution in [-0.2, 0) is 0 Å². The molecule has 0 spiro atoms. The first kappa shape index (κ1) is 8.42. The summed E-state index contributed by atoms with van der Waals surface area (Å²) in [5.41, 5.74) is 0.546. The summed E-state index contributed by atoms with van der Waals surface area (Å²) in [6.45, 7) is 0. The van der Waals surface area contributed by atoms with Crippen molar-refractivity contribution >= 4 is 39.2 Å². The van der Waals surface area contributed by atoms with Crippen molar-refractivity contribution < 1.29 is 4.92 Å². The Labute approximate surface area is 86.4 Å². The number of H-pyrrole nitrogens is 1. The van der Waals surface area contributed by atoms with E-state index in [9.17, 15) is 10.1 Å². The average molecular weight is 289 g/mol. The Morgan fingerprint density at radius 2 is 2.31 bits per heavy atom. The molecule has 2 aromatic rings. The number of fused-ring (bicyclic) bond motifs is 1. The van der Waals surface area contributed by atoms with Gasteiger partial charge in [-0.1, -0.05) is 0 Å². The molecule has 0 aliphatic rings. The Morgan fingerprint density at radius 3 is 3.00 bits per heavy atom. The quantitative estimate of drug-likeness (QED) is 0.496. The van der Waals surface area contributed by atoms with Gasteiger partial charge in [0, 0.05) is 15.0 Å². The van der Waals surface area contributed by atoms with Gasteiger partial charge < -0.3 is 0 Å². The van der Waals surface area contributed by atoms with Crippen molar-refractivity contribution in [3.63, 3.8) is 0 Å². The molecule has 1 heterocycles. The van der Waals surface area contributed by atoms with Crippen LogP contribution >= 0.6 is 22.6 Å². The molecule has 0 fully saturated rings. The number of hydrogen-bond donors (Lipinski definition) is 1. The number of halogens is 1. The standard InChI is InChI=1S/C7H4IN3O2/c8-5-1-4-3-9-10-7(4)6(2-5)11(12)13/h1-3H,(H,9,10). The lowest BCUT2D eigenvalue weighted by Crippen LogP contribution is -1.90. The molecule has 0 aliphatic carbocycles. The lowest BCUT2D eigenvalue weighted by Gasteiger charge is -1.94. The number of rotatable bonds is 1. The van der Waals surface area contributed by atoms with Crippen LogP contribution < -0.4 is 0 Å². The Kier molecular flexibility index (Phi) is 1.91. The summed E-state index contributed by atoms with van der Waals surface area (Å²) in [7, 11) is 0. The van der Waals surface area contributed by atoms with Crippen LogP contribution in [0.25, 0.3) is 10.9 Å². The van der Waals surface area contributed by atoms with E-state index in [0.717, 1.165) is 8.96 Å². The molecule has 0 amide bonds. The number of nitrogens with one attached hydrogen (secondary N) is 1. The van der Waals surface area contributed by atoms with Crippen molar-refractivity contribution in [2.24, 2.45) is 0 Å². The lowest BCUT2D eigenvalue weighted by molar-refractivity contribution is -0.383. The van der Waals surface area contributed by atoms with Gasteiger partial charge in [-0.05, 0) is 28.7 Å². The van der Waals surface area contributed by atoms with E-state index >= 15 is 0 Å². The summed E-state index contributed by atoms with van der Waals surface area (Å²) in [5, 5.41) is 17.7. The van der Waals surface area contributed by atoms with Gasteiger partial charge in [0.05, 0.1) is 11.1 Å². The zero-order chi connectivity index (χ0) is 9.42. The van der Waals surface area contributed by atoms with Crippen molar-refractivity contribution in [3.05, 3.63) is 32.0 Å². The van der Waals surface area contributed by atoms with Gasteiger partial charge in [-0.15, -0.1) is 0 Å². The molecule has 66 valence electrons. The zero-order valence-corrected chi connectivity index (χ0v) is 8.48. The van der Waals surface area contributed by atoms with E-state index in [1.165, 1.54) is 6.07 Å². The van der Waals surface area contributed by atoms with Crippen LogP contribution in [0.4, 0.5) is 5.69 Å². The number of benzene rings is 1. The average Bonchev–Trinajstić information content (AvgIpc) is 2.49. The first-order chi connectivity index (χ1) is 6.18. The highest BCUT2D eigenvalue weighted by atomic mass is 127. The SMILES string of the molecule is O=[N+]([O-])c1cc(I)cc2cn[nH]c12. The number of non-ortho nitro benzene ring substituents is 1. The van der Waals surface area contributed by atoms with E-state index in [-0.39, 0.29) is 5.69 Å². The van der Waals surface area contributed by atoms with Crippen LogP contribution in [0, 0.1) is 13.7 Å². The van der Waals surface area contributed by atoms with Gasteiger partial charge >= 0.3 is 0 Å². The van der Waals surface area contributed by atoms with Crippen molar-refractivity contribution in [3.8, 4) is 0 Å². The second-order valence-electron chi connectivity index (χ2n) is 2.52. The van der Waals surface area contributed by atoms with E-state index in [0.29, 0.717) is 5.52 Å². The molecular weight excluding hydrogens is 285 g/mol. The highest BCUT2D eigenvalue weighted by Crippen LogP contribution is 2.25. The van der Waals surface area contributed by atoms with Gasteiger partial charge in [-0.2, -0.15) is 5.10 Å². The third-order valence-corrected chi connectivity index (χ3v) is 2.31. The van der Waals surface area contributed by atoms with Crippen LogP contribution in [0.3, 0.4) is 0 Å². The van der Waals surface area contributed by atoms with E-state index in [2.05, 4.69) is 10.2 Å². The molecule has 0 bridgehead atoms. The summed E-state index contributed by atoms with van der Waals surface area (Å²) in [4.78, 5) is 10.2. The minimum Gasteiger partial charge on any atom is -0.271 e. The van der Waals surface area contributed by atoms with E-state index in [1.54, 1.807) is 6.20 Å². The molecule has 0 saturated carbocycles. The highest BCUT2D eigenvalue weighted by molar-refractivity contribution is 14.1. The molecule has 5 nitrogen and oxygen atoms in total. The van der Waals surface area contributed by atoms with Gasteiger partial charge in [0.1, 0.15) is 5.52 Å². The zero-order valence-electron chi connectivity index (χ0n) is 6.32. The molecule has 0 aliphatic heterocycles. The van der Waals surface area contributed by atoms with Gasteiger partial charge in [-0.3, -0.25) is 15.2 Å². The fourth-order valence-electron chi connectivity index (χ4n) is 1.15. The summed E-state index contributed by atoms with van der Waals surface area (Å²) in [6, 6.07) is 3.35. The monoisotopic (exact) mass is 289 g/mol. The summed E-state index contributed by atoms with van der Waals surface area (Å²) in [6.07, 6.45) is 1.57. The molecule has 1 N–H and O–H groups in total. The van der Waals surface area contributed by atoms with E-state index < -0.39 is 4.92 Å². The predicted octanol–water partition coefficient (Wildman–Crippen LogP) is 2.08. The molecule has 0 unspecified atom stereocenters. The maximum atomic E-state index is 10.6. The van der Waals surface area contributed by atoms with Crippen LogP contribution in [0.15, 0.2) is 18.3 Å². The smallest absolute Gasteiger partial charge is 0.271 e.